The molecule has 0 spiro atoms. The highest BCUT2D eigenvalue weighted by Gasteiger charge is 2.37. The number of nitrogens with zero attached hydrogens (tertiary/aromatic N) is 1. The van der Waals surface area contributed by atoms with E-state index >= 15 is 0 Å². The van der Waals surface area contributed by atoms with Gasteiger partial charge in [-0.25, -0.2) is 0 Å². The fourth-order valence-electron chi connectivity index (χ4n) is 3.30. The molecule has 24 heavy (non-hydrogen) atoms. The fourth-order valence-corrected chi connectivity index (χ4v) is 3.30. The van der Waals surface area contributed by atoms with Crippen LogP contribution in [-0.2, 0) is 20.7 Å². The van der Waals surface area contributed by atoms with Gasteiger partial charge in [-0.3, -0.25) is 14.5 Å². The van der Waals surface area contributed by atoms with Crippen molar-refractivity contribution < 1.29 is 18.7 Å². The lowest BCUT2D eigenvalue weighted by atomic mass is 9.92. The van der Waals surface area contributed by atoms with Gasteiger partial charge in [0.2, 0.25) is 0 Å². The zero-order valence-electron chi connectivity index (χ0n) is 13.7. The fraction of sp³-hybridized carbons (Fsp3) is 0.368. The minimum absolute atomic E-state index is 0.155. The van der Waals surface area contributed by atoms with E-state index in [0.29, 0.717) is 25.8 Å². The molecule has 3 rings (SSSR count). The van der Waals surface area contributed by atoms with Gasteiger partial charge in [-0.15, -0.1) is 0 Å². The molecule has 5 nitrogen and oxygen atoms in total. The Hall–Kier alpha value is -2.40. The number of furan rings is 1. The number of hydrogen-bond donors (Lipinski definition) is 0. The van der Waals surface area contributed by atoms with Gasteiger partial charge in [0.1, 0.15) is 11.8 Å². The number of methoxy groups -OCH3 is 1. The second kappa shape index (κ2) is 7.45. The minimum Gasteiger partial charge on any atom is -0.472 e. The summed E-state index contributed by atoms with van der Waals surface area (Å²) >= 11 is 0. The number of likely N-dealkylation sites (tertiary alicyclic amines) is 1. The molecule has 1 aliphatic heterocycles. The van der Waals surface area contributed by atoms with E-state index in [0.717, 1.165) is 11.1 Å². The van der Waals surface area contributed by atoms with Crippen LogP contribution in [0.4, 0.5) is 0 Å². The molecule has 0 N–H and O–H groups in total. The molecule has 1 fully saturated rings. The smallest absolute Gasteiger partial charge is 0.323 e. The Bertz CT molecular complexity index is 681. The molecule has 1 aromatic carbocycles. The van der Waals surface area contributed by atoms with E-state index in [1.54, 1.807) is 12.5 Å². The summed E-state index contributed by atoms with van der Waals surface area (Å²) in [6.45, 7) is 0.543. The molecule has 0 radical (unpaired) electrons. The van der Waals surface area contributed by atoms with E-state index in [9.17, 15) is 9.59 Å². The van der Waals surface area contributed by atoms with Crippen LogP contribution in [-0.4, -0.2) is 36.3 Å². The molecule has 1 aliphatic rings. The van der Waals surface area contributed by atoms with Gasteiger partial charge >= 0.3 is 5.97 Å². The van der Waals surface area contributed by atoms with E-state index < -0.39 is 6.04 Å². The van der Waals surface area contributed by atoms with Crippen molar-refractivity contribution in [2.45, 2.75) is 31.3 Å². The predicted molar refractivity (Wildman–Crippen MR) is 88.3 cm³/mol. The quantitative estimate of drug-likeness (QED) is 0.790. The highest BCUT2D eigenvalue weighted by atomic mass is 16.5. The van der Waals surface area contributed by atoms with Crippen molar-refractivity contribution in [3.8, 4) is 0 Å². The van der Waals surface area contributed by atoms with Crippen LogP contribution < -0.4 is 0 Å². The third kappa shape index (κ3) is 3.57. The molecule has 126 valence electrons. The number of ketones is 1. The molecule has 2 heterocycles. The Kier molecular flexibility index (Phi) is 5.11. The molecular weight excluding hydrogens is 306 g/mol. The molecule has 5 heteroatoms. The first-order chi connectivity index (χ1) is 11.7. The van der Waals surface area contributed by atoms with Crippen molar-refractivity contribution in [2.75, 3.05) is 13.7 Å². The largest absolute Gasteiger partial charge is 0.472 e. The lowest BCUT2D eigenvalue weighted by Crippen LogP contribution is -2.49. The summed E-state index contributed by atoms with van der Waals surface area (Å²) in [5.41, 5.74) is 1.99. The Morgan fingerprint density at radius 1 is 1.33 bits per heavy atom. The lowest BCUT2D eigenvalue weighted by molar-refractivity contribution is -0.150. The minimum atomic E-state index is -0.426. The Balaban J connectivity index is 1.89. The van der Waals surface area contributed by atoms with Crippen LogP contribution in [0.15, 0.2) is 53.3 Å². The summed E-state index contributed by atoms with van der Waals surface area (Å²) in [5.74, 6) is -0.0672. The molecule has 2 aromatic rings. The zero-order valence-corrected chi connectivity index (χ0v) is 13.7. The van der Waals surface area contributed by atoms with Gasteiger partial charge in [-0.2, -0.15) is 0 Å². The maximum absolute atomic E-state index is 12.4. The first-order valence-corrected chi connectivity index (χ1v) is 8.10. The van der Waals surface area contributed by atoms with Crippen molar-refractivity contribution in [1.82, 2.24) is 4.90 Å². The van der Waals surface area contributed by atoms with Crippen LogP contribution in [0, 0.1) is 0 Å². The van der Waals surface area contributed by atoms with Gasteiger partial charge in [0.05, 0.1) is 19.6 Å². The average Bonchev–Trinajstić information content (AvgIpc) is 3.15. The summed E-state index contributed by atoms with van der Waals surface area (Å²) in [6, 6.07) is 11.1. The maximum atomic E-state index is 12.4. The standard InChI is InChI=1S/C19H21NO4/c1-23-19(22)18(11-14-5-3-2-4-6-14)20-9-7-16(21)12-17(20)15-8-10-24-13-15/h2-6,8,10,13,17-18H,7,9,11-12H2,1H3/t17?,18-/m0/s1. The molecule has 0 bridgehead atoms. The molecule has 0 aliphatic carbocycles. The summed E-state index contributed by atoms with van der Waals surface area (Å²) < 4.78 is 10.2. The maximum Gasteiger partial charge on any atom is 0.323 e. The number of carbonyl (C=O) groups excluding carboxylic acids is 2. The Morgan fingerprint density at radius 3 is 2.79 bits per heavy atom. The number of esters is 1. The van der Waals surface area contributed by atoms with Crippen LogP contribution in [0.1, 0.15) is 30.0 Å². The molecule has 0 saturated carbocycles. The van der Waals surface area contributed by atoms with Crippen LogP contribution >= 0.6 is 0 Å². The Morgan fingerprint density at radius 2 is 2.12 bits per heavy atom. The second-order valence-corrected chi connectivity index (χ2v) is 6.03. The number of piperidine rings is 1. The van der Waals surface area contributed by atoms with E-state index in [1.807, 2.05) is 36.4 Å². The van der Waals surface area contributed by atoms with Gasteiger partial charge in [0.25, 0.3) is 0 Å². The first-order valence-electron chi connectivity index (χ1n) is 8.10. The van der Waals surface area contributed by atoms with Crippen molar-refractivity contribution in [3.63, 3.8) is 0 Å². The highest BCUT2D eigenvalue weighted by molar-refractivity contribution is 5.81. The number of rotatable bonds is 5. The van der Waals surface area contributed by atoms with E-state index in [1.165, 1.54) is 7.11 Å². The van der Waals surface area contributed by atoms with Gasteiger partial charge in [-0.05, 0) is 18.1 Å². The van der Waals surface area contributed by atoms with Crippen molar-refractivity contribution in [2.24, 2.45) is 0 Å². The van der Waals surface area contributed by atoms with Gasteiger partial charge < -0.3 is 9.15 Å². The van der Waals surface area contributed by atoms with Crippen molar-refractivity contribution in [1.29, 1.82) is 0 Å². The number of hydrogen-bond acceptors (Lipinski definition) is 5. The SMILES string of the molecule is COC(=O)[C@H](Cc1ccccc1)N1CCC(=O)CC1c1ccoc1. The van der Waals surface area contributed by atoms with Gasteiger partial charge in [0, 0.05) is 31.0 Å². The molecule has 0 amide bonds. The number of Topliss-reactive ketones (excluding diaryl/α,β-unsaturated/α-hetero) is 1. The van der Waals surface area contributed by atoms with Crippen LogP contribution in [0.25, 0.3) is 0 Å². The third-order valence-corrected chi connectivity index (χ3v) is 4.54. The molecular formula is C19H21NO4. The van der Waals surface area contributed by atoms with Crippen LogP contribution in [0.3, 0.4) is 0 Å². The van der Waals surface area contributed by atoms with Crippen molar-refractivity contribution in [3.05, 3.63) is 60.1 Å². The topological polar surface area (TPSA) is 59.8 Å². The normalized spacial score (nSPS) is 19.9. The second-order valence-electron chi connectivity index (χ2n) is 6.03. The highest BCUT2D eigenvalue weighted by Crippen LogP contribution is 2.32. The lowest BCUT2D eigenvalue weighted by Gasteiger charge is -2.39. The predicted octanol–water partition coefficient (Wildman–Crippen LogP) is 2.77. The third-order valence-electron chi connectivity index (χ3n) is 4.54. The summed E-state index contributed by atoms with van der Waals surface area (Å²) in [4.78, 5) is 26.5. The molecule has 1 unspecified atom stereocenters. The van der Waals surface area contributed by atoms with Gasteiger partial charge in [-0.1, -0.05) is 30.3 Å². The first kappa shape index (κ1) is 16.5. The molecule has 1 aromatic heterocycles. The van der Waals surface area contributed by atoms with Crippen LogP contribution in [0.2, 0.25) is 0 Å². The van der Waals surface area contributed by atoms with Crippen LogP contribution in [0.5, 0.6) is 0 Å². The number of carbonyl (C=O) groups is 2. The number of ether oxygens (including phenoxy) is 1. The van der Waals surface area contributed by atoms with Crippen molar-refractivity contribution >= 4 is 11.8 Å². The summed E-state index contributed by atoms with van der Waals surface area (Å²) in [6.07, 6.45) is 4.64. The monoisotopic (exact) mass is 327 g/mol. The molecule has 1 saturated heterocycles. The summed E-state index contributed by atoms with van der Waals surface area (Å²) in [7, 11) is 1.41. The Labute approximate surface area is 141 Å². The van der Waals surface area contributed by atoms with E-state index in [2.05, 4.69) is 4.90 Å². The summed E-state index contributed by atoms with van der Waals surface area (Å²) in [5, 5.41) is 0. The zero-order chi connectivity index (χ0) is 16.9. The van der Waals surface area contributed by atoms with E-state index in [4.69, 9.17) is 9.15 Å². The molecule has 2 atom stereocenters. The van der Waals surface area contributed by atoms with E-state index in [-0.39, 0.29) is 17.8 Å². The number of benzene rings is 1. The average molecular weight is 327 g/mol. The van der Waals surface area contributed by atoms with Gasteiger partial charge in [0.15, 0.2) is 0 Å².